The Morgan fingerprint density at radius 2 is 1.29 bits per heavy atom. The van der Waals surface area contributed by atoms with Crippen molar-refractivity contribution in [1.29, 1.82) is 0 Å². The quantitative estimate of drug-likeness (QED) is 0.113. The number of methoxy groups -OCH3 is 2. The Morgan fingerprint density at radius 3 is 1.76 bits per heavy atom. The number of halogens is 6. The second kappa shape index (κ2) is 21.5. The Hall–Kier alpha value is 2.58. The summed E-state index contributed by atoms with van der Waals surface area (Å²) in [5, 5.41) is 0. The fraction of sp³-hybridized carbons (Fsp3) is 0.600. The molecule has 1 aliphatic rings. The molecule has 0 saturated carbocycles. The summed E-state index contributed by atoms with van der Waals surface area (Å²) in [6, 6.07) is 8.66. The molecule has 3 unspecified atom stereocenters. The van der Waals surface area contributed by atoms with Gasteiger partial charge in [0.2, 0.25) is 0 Å². The molecule has 0 amide bonds. The van der Waals surface area contributed by atoms with Gasteiger partial charge in [0.1, 0.15) is 0 Å². The predicted molar refractivity (Wildman–Crippen MR) is 219 cm³/mol. The van der Waals surface area contributed by atoms with Crippen LogP contribution in [-0.2, 0) is 41.6 Å². The van der Waals surface area contributed by atoms with Gasteiger partial charge in [0.15, 0.2) is 12.6 Å². The molecule has 0 bridgehead atoms. The molecule has 0 N–H and O–H groups in total. The molecule has 42 heavy (non-hydrogen) atoms. The van der Waals surface area contributed by atoms with E-state index in [1.807, 2.05) is 0 Å². The molecule has 0 aliphatic carbocycles. The first-order valence-corrected chi connectivity index (χ1v) is 20.1. The summed E-state index contributed by atoms with van der Waals surface area (Å²) in [6.45, 7) is 11.0. The van der Waals surface area contributed by atoms with Crippen LogP contribution >= 0.6 is 136 Å². The van der Waals surface area contributed by atoms with E-state index in [0.29, 0.717) is 38.3 Å². The van der Waals surface area contributed by atoms with Gasteiger partial charge in [0.05, 0.1) is 38.6 Å². The minimum absolute atomic E-state index is 0.254. The summed E-state index contributed by atoms with van der Waals surface area (Å²) < 4.78 is 41.4. The zero-order valence-corrected chi connectivity index (χ0v) is 37.7. The number of ether oxygens (including phenoxy) is 6. The normalized spacial score (nSPS) is 19.0. The molecule has 1 heterocycles. The van der Waals surface area contributed by atoms with Crippen LogP contribution in [0.5, 0.6) is 0 Å². The third-order valence-electron chi connectivity index (χ3n) is 6.33. The van der Waals surface area contributed by atoms with Crippen molar-refractivity contribution in [1.82, 2.24) is 0 Å². The maximum absolute atomic E-state index is 6.14. The molecule has 238 valence electrons. The average molecular weight is 1260 g/mol. The zero-order valence-electron chi connectivity index (χ0n) is 24.7. The number of hydrogen-bond donors (Lipinski definition) is 0. The van der Waals surface area contributed by atoms with Crippen molar-refractivity contribution < 1.29 is 28.4 Å². The third kappa shape index (κ3) is 14.8. The molecule has 0 spiro atoms. The number of benzene rings is 2. The molecule has 1 saturated heterocycles. The van der Waals surface area contributed by atoms with E-state index in [2.05, 4.69) is 188 Å². The van der Waals surface area contributed by atoms with Crippen LogP contribution in [0.15, 0.2) is 24.3 Å². The lowest BCUT2D eigenvalue weighted by Crippen LogP contribution is -2.43. The van der Waals surface area contributed by atoms with Gasteiger partial charge in [-0.05, 0) is 189 Å². The molecule has 2 aromatic carbocycles. The van der Waals surface area contributed by atoms with E-state index in [9.17, 15) is 0 Å². The summed E-state index contributed by atoms with van der Waals surface area (Å²) in [7, 11) is 3.21. The van der Waals surface area contributed by atoms with Crippen molar-refractivity contribution >= 4 is 136 Å². The molecule has 0 radical (unpaired) electrons. The van der Waals surface area contributed by atoms with Gasteiger partial charge in [-0.2, -0.15) is 0 Å². The minimum atomic E-state index is -0.297. The van der Waals surface area contributed by atoms with Crippen LogP contribution in [-0.4, -0.2) is 52.2 Å². The van der Waals surface area contributed by atoms with Gasteiger partial charge in [-0.25, -0.2) is 0 Å². The van der Waals surface area contributed by atoms with E-state index in [0.717, 1.165) is 12.8 Å². The second-order valence-electron chi connectivity index (χ2n) is 10.6. The van der Waals surface area contributed by atoms with Crippen LogP contribution in [0.1, 0.15) is 51.7 Å². The third-order valence-corrected chi connectivity index (χ3v) is 13.9. The smallest absolute Gasteiger partial charge is 0.181 e. The molecule has 12 heteroatoms. The highest BCUT2D eigenvalue weighted by atomic mass is 127. The Labute approximate surface area is 333 Å². The van der Waals surface area contributed by atoms with Gasteiger partial charge < -0.3 is 28.4 Å². The van der Waals surface area contributed by atoms with E-state index in [4.69, 9.17) is 28.4 Å². The molecule has 6 nitrogen and oxygen atoms in total. The maximum Gasteiger partial charge on any atom is 0.181 e. The molecule has 0 aromatic heterocycles. The van der Waals surface area contributed by atoms with Gasteiger partial charge in [-0.1, -0.05) is 27.7 Å². The minimum Gasteiger partial charge on any atom is -0.371 e. The summed E-state index contributed by atoms with van der Waals surface area (Å²) in [5.74, 6) is 1.13. The van der Waals surface area contributed by atoms with Crippen molar-refractivity contribution in [2.24, 2.45) is 11.8 Å². The SMILES string of the molecule is CC(C)CC1CC(C(C)C)OC(COCc2cc(I)cc(I)c2I)O1.COC(COCc1cc(I)cc(I)c1I)OC. The molecule has 1 fully saturated rings. The van der Waals surface area contributed by atoms with E-state index in [1.165, 1.54) is 32.5 Å². The van der Waals surface area contributed by atoms with Gasteiger partial charge in [0.25, 0.3) is 0 Å². The maximum atomic E-state index is 6.14. The van der Waals surface area contributed by atoms with E-state index in [1.54, 1.807) is 14.2 Å². The highest BCUT2D eigenvalue weighted by Gasteiger charge is 2.32. The van der Waals surface area contributed by atoms with Gasteiger partial charge in [-0.15, -0.1) is 0 Å². The molecule has 3 rings (SSSR count). The lowest BCUT2D eigenvalue weighted by molar-refractivity contribution is -0.269. The highest BCUT2D eigenvalue weighted by Crippen LogP contribution is 2.29. The summed E-state index contributed by atoms with van der Waals surface area (Å²) in [6.07, 6.45) is 2.03. The first kappa shape index (κ1) is 40.8. The van der Waals surface area contributed by atoms with E-state index >= 15 is 0 Å². The predicted octanol–water partition coefficient (Wildman–Crippen LogP) is 9.86. The summed E-state index contributed by atoms with van der Waals surface area (Å²) in [4.78, 5) is 0. The van der Waals surface area contributed by atoms with Crippen LogP contribution in [0, 0.1) is 33.3 Å². The molecule has 2 aromatic rings. The van der Waals surface area contributed by atoms with Gasteiger partial charge in [-0.3, -0.25) is 0 Å². The second-order valence-corrected chi connectivity index (χ2v) is 17.6. The van der Waals surface area contributed by atoms with Gasteiger partial charge in [0, 0.05) is 42.1 Å². The topological polar surface area (TPSA) is 55.4 Å². The van der Waals surface area contributed by atoms with Crippen LogP contribution in [0.25, 0.3) is 0 Å². The summed E-state index contributed by atoms with van der Waals surface area (Å²) >= 11 is 14.1. The summed E-state index contributed by atoms with van der Waals surface area (Å²) in [5.41, 5.74) is 2.43. The Kier molecular flexibility index (Phi) is 20.9. The van der Waals surface area contributed by atoms with Crippen LogP contribution in [0.3, 0.4) is 0 Å². The monoisotopic (exact) mass is 1260 g/mol. The van der Waals surface area contributed by atoms with Crippen molar-refractivity contribution in [3.05, 3.63) is 56.8 Å². The van der Waals surface area contributed by atoms with Crippen molar-refractivity contribution in [2.75, 3.05) is 27.4 Å². The lowest BCUT2D eigenvalue weighted by Gasteiger charge is -2.38. The number of rotatable bonds is 13. The fourth-order valence-electron chi connectivity index (χ4n) is 4.19. The molecular formula is C30H40I6O6. The largest absolute Gasteiger partial charge is 0.371 e. The highest BCUT2D eigenvalue weighted by molar-refractivity contribution is 14.1. The lowest BCUT2D eigenvalue weighted by atomic mass is 9.95. The van der Waals surface area contributed by atoms with E-state index in [-0.39, 0.29) is 24.8 Å². The molecule has 1 aliphatic heterocycles. The fourth-order valence-corrected chi connectivity index (χ4v) is 9.05. The standard InChI is InChI=1S/C19H27I3O3.C11H13I3O3/c1-11(2)5-15-8-17(12(3)4)25-18(24-15)10-23-9-13-6-14(20)7-16(21)19(13)22;1-15-10(16-2)6-17-5-7-3-8(12)4-9(13)11(7)14/h6-7,11-12,15,17-18H,5,8-10H2,1-4H3;3-4,10H,5-6H2,1-2H3. The number of hydrogen-bond acceptors (Lipinski definition) is 6. The Morgan fingerprint density at radius 1 is 0.762 bits per heavy atom. The van der Waals surface area contributed by atoms with Crippen LogP contribution < -0.4 is 0 Å². The molecule has 3 atom stereocenters. The van der Waals surface area contributed by atoms with Crippen molar-refractivity contribution in [2.45, 2.75) is 78.5 Å². The zero-order chi connectivity index (χ0) is 31.4. The average Bonchev–Trinajstić information content (AvgIpc) is 2.91. The Bertz CT molecular complexity index is 1100. The van der Waals surface area contributed by atoms with E-state index < -0.39 is 0 Å². The van der Waals surface area contributed by atoms with Crippen LogP contribution in [0.4, 0.5) is 0 Å². The Balaban J connectivity index is 0.000000317. The van der Waals surface area contributed by atoms with Crippen molar-refractivity contribution in [3.8, 4) is 0 Å². The van der Waals surface area contributed by atoms with Crippen LogP contribution in [0.2, 0.25) is 0 Å². The van der Waals surface area contributed by atoms with Crippen molar-refractivity contribution in [3.63, 3.8) is 0 Å². The first-order valence-electron chi connectivity index (χ1n) is 13.6. The molecular weight excluding hydrogens is 1220 g/mol. The van der Waals surface area contributed by atoms with Gasteiger partial charge >= 0.3 is 0 Å². The first-order chi connectivity index (χ1) is 19.8.